The Bertz CT molecular complexity index is 1200. The van der Waals surface area contributed by atoms with E-state index in [0.717, 1.165) is 44.3 Å². The van der Waals surface area contributed by atoms with Crippen molar-refractivity contribution in [2.75, 3.05) is 11.9 Å². The largest absolute Gasteiger partial charge is 0.378 e. The first-order chi connectivity index (χ1) is 17.2. The fourth-order valence-electron chi connectivity index (χ4n) is 6.41. The lowest BCUT2D eigenvalue weighted by atomic mass is 9.79. The molecule has 3 aromatic rings. The normalized spacial score (nSPS) is 27.4. The van der Waals surface area contributed by atoms with Gasteiger partial charge in [0.05, 0.1) is 18.0 Å². The smallest absolute Gasteiger partial charge is 0.251 e. The summed E-state index contributed by atoms with van der Waals surface area (Å²) in [7, 11) is 0. The molecule has 1 aromatic heterocycles. The molecule has 2 N–H and O–H groups in total. The van der Waals surface area contributed by atoms with E-state index in [0.29, 0.717) is 11.5 Å². The predicted octanol–water partition coefficient (Wildman–Crippen LogP) is 5.79. The third kappa shape index (κ3) is 4.14. The van der Waals surface area contributed by atoms with Crippen LogP contribution in [0.2, 0.25) is 0 Å². The quantitative estimate of drug-likeness (QED) is 0.491. The fourth-order valence-corrected chi connectivity index (χ4v) is 7.10. The van der Waals surface area contributed by atoms with Crippen molar-refractivity contribution in [1.29, 1.82) is 0 Å². The van der Waals surface area contributed by atoms with Crippen LogP contribution < -0.4 is 10.6 Å². The van der Waals surface area contributed by atoms with Gasteiger partial charge in [-0.05, 0) is 65.4 Å². The number of amides is 2. The number of hydrogen-bond acceptors (Lipinski definition) is 4. The van der Waals surface area contributed by atoms with Crippen molar-refractivity contribution in [3.63, 3.8) is 0 Å². The van der Waals surface area contributed by atoms with Gasteiger partial charge >= 0.3 is 0 Å². The van der Waals surface area contributed by atoms with Crippen molar-refractivity contribution in [3.8, 4) is 0 Å². The predicted molar refractivity (Wildman–Crippen MR) is 139 cm³/mol. The molecular weight excluding hydrogens is 454 g/mol. The van der Waals surface area contributed by atoms with Crippen LogP contribution in [-0.2, 0) is 4.79 Å². The summed E-state index contributed by atoms with van der Waals surface area (Å²) in [5.74, 6) is 0.289. The van der Waals surface area contributed by atoms with E-state index < -0.39 is 0 Å². The average molecular weight is 486 g/mol. The van der Waals surface area contributed by atoms with Crippen molar-refractivity contribution in [3.05, 3.63) is 88.1 Å². The number of thiophene rings is 1. The maximum atomic E-state index is 14.1. The van der Waals surface area contributed by atoms with Gasteiger partial charge in [-0.1, -0.05) is 49.2 Å². The minimum atomic E-state index is -0.170. The molecule has 2 unspecified atom stereocenters. The topological polar surface area (TPSA) is 61.4 Å². The number of hydrogen-bond donors (Lipinski definition) is 2. The van der Waals surface area contributed by atoms with Crippen LogP contribution in [-0.4, -0.2) is 29.3 Å². The highest BCUT2D eigenvalue weighted by Gasteiger charge is 2.48. The molecule has 0 bridgehead atoms. The number of nitrogens with one attached hydrogen (secondary N) is 2. The van der Waals surface area contributed by atoms with Crippen molar-refractivity contribution in [2.45, 2.75) is 50.2 Å². The highest BCUT2D eigenvalue weighted by atomic mass is 32.1. The van der Waals surface area contributed by atoms with Crippen LogP contribution in [0.25, 0.3) is 0 Å². The number of benzene rings is 2. The summed E-state index contributed by atoms with van der Waals surface area (Å²) in [5.41, 5.74) is 4.30. The summed E-state index contributed by atoms with van der Waals surface area (Å²) in [6, 6.07) is 20.1. The van der Waals surface area contributed by atoms with Gasteiger partial charge in [0.25, 0.3) is 5.91 Å². The molecule has 3 heterocycles. The number of anilines is 1. The van der Waals surface area contributed by atoms with Gasteiger partial charge in [-0.15, -0.1) is 0 Å². The van der Waals surface area contributed by atoms with Crippen LogP contribution in [0.1, 0.15) is 65.7 Å². The molecule has 2 aliphatic heterocycles. The van der Waals surface area contributed by atoms with E-state index in [2.05, 4.69) is 56.6 Å². The van der Waals surface area contributed by atoms with E-state index in [1.807, 2.05) is 30.3 Å². The molecule has 1 saturated carbocycles. The van der Waals surface area contributed by atoms with E-state index in [9.17, 15) is 9.59 Å². The molecule has 6 rings (SSSR count). The maximum Gasteiger partial charge on any atom is 0.251 e. The Balaban J connectivity index is 1.27. The van der Waals surface area contributed by atoms with Crippen LogP contribution in [0.5, 0.6) is 0 Å². The van der Waals surface area contributed by atoms with Gasteiger partial charge in [0.2, 0.25) is 5.91 Å². The Kier molecular flexibility index (Phi) is 6.06. The molecule has 5 nitrogen and oxygen atoms in total. The van der Waals surface area contributed by atoms with Crippen LogP contribution in [0.15, 0.2) is 71.4 Å². The monoisotopic (exact) mass is 485 g/mol. The van der Waals surface area contributed by atoms with E-state index in [-0.39, 0.29) is 35.9 Å². The van der Waals surface area contributed by atoms with E-state index in [4.69, 9.17) is 0 Å². The van der Waals surface area contributed by atoms with Gasteiger partial charge in [0, 0.05) is 29.8 Å². The molecule has 2 amide bonds. The maximum absolute atomic E-state index is 14.1. The third-order valence-corrected chi connectivity index (χ3v) is 8.79. The van der Waals surface area contributed by atoms with Crippen LogP contribution in [0, 0.1) is 11.8 Å². The SMILES string of the molecule is O=C(NC1CCCCC1C(=O)N1CC[C@@H]2[C@H](c3ccsc3)Nc3ccccc3[C@@H]21)c1ccccc1. The molecule has 1 saturated heterocycles. The number of likely N-dealkylation sites (tertiary alicyclic amines) is 1. The van der Waals surface area contributed by atoms with Crippen LogP contribution in [0.4, 0.5) is 5.69 Å². The molecule has 3 aliphatic rings. The number of carbonyl (C=O) groups is 2. The van der Waals surface area contributed by atoms with Crippen molar-refractivity contribution >= 4 is 28.8 Å². The second-order valence-corrected chi connectivity index (χ2v) is 10.8. The molecule has 0 radical (unpaired) electrons. The minimum absolute atomic E-state index is 0.0669. The molecule has 1 aliphatic carbocycles. The third-order valence-electron chi connectivity index (χ3n) is 8.08. The van der Waals surface area contributed by atoms with Crippen LogP contribution in [0.3, 0.4) is 0 Å². The Labute approximate surface area is 210 Å². The van der Waals surface area contributed by atoms with Crippen LogP contribution >= 0.6 is 11.3 Å². The zero-order valence-corrected chi connectivity index (χ0v) is 20.5. The Morgan fingerprint density at radius 1 is 0.943 bits per heavy atom. The summed E-state index contributed by atoms with van der Waals surface area (Å²) in [5, 5.41) is 11.3. The summed E-state index contributed by atoms with van der Waals surface area (Å²) < 4.78 is 0. The number of rotatable bonds is 4. The number of fused-ring (bicyclic) bond motifs is 3. The van der Waals surface area contributed by atoms with Crippen molar-refractivity contribution < 1.29 is 9.59 Å². The van der Waals surface area contributed by atoms with Gasteiger partial charge in [0.15, 0.2) is 0 Å². The second kappa shape index (κ2) is 9.50. The lowest BCUT2D eigenvalue weighted by molar-refractivity contribution is -0.138. The van der Waals surface area contributed by atoms with Gasteiger partial charge in [-0.25, -0.2) is 0 Å². The first kappa shape index (κ1) is 22.4. The number of para-hydroxylation sites is 1. The lowest BCUT2D eigenvalue weighted by Crippen LogP contribution is -2.50. The Hall–Kier alpha value is -3.12. The van der Waals surface area contributed by atoms with Crippen molar-refractivity contribution in [2.24, 2.45) is 11.8 Å². The zero-order valence-electron chi connectivity index (χ0n) is 19.7. The first-order valence-corrected chi connectivity index (χ1v) is 13.7. The molecule has 5 atom stereocenters. The molecule has 180 valence electrons. The fraction of sp³-hybridized carbons (Fsp3) is 0.379. The molecule has 0 spiro atoms. The van der Waals surface area contributed by atoms with E-state index in [1.54, 1.807) is 11.3 Å². The lowest BCUT2D eigenvalue weighted by Gasteiger charge is -2.41. The average Bonchev–Trinajstić information content (AvgIpc) is 3.60. The molecule has 2 aromatic carbocycles. The summed E-state index contributed by atoms with van der Waals surface area (Å²) in [6.07, 6.45) is 4.74. The Morgan fingerprint density at radius 3 is 2.57 bits per heavy atom. The van der Waals surface area contributed by atoms with Gasteiger partial charge in [0.1, 0.15) is 0 Å². The van der Waals surface area contributed by atoms with E-state index >= 15 is 0 Å². The highest BCUT2D eigenvalue weighted by molar-refractivity contribution is 7.08. The molecule has 6 heteroatoms. The number of carbonyl (C=O) groups excluding carboxylic acids is 2. The number of nitrogens with zero attached hydrogens (tertiary/aromatic N) is 1. The van der Waals surface area contributed by atoms with Gasteiger partial charge < -0.3 is 15.5 Å². The molecule has 2 fully saturated rings. The highest BCUT2D eigenvalue weighted by Crippen LogP contribution is 2.52. The first-order valence-electron chi connectivity index (χ1n) is 12.7. The second-order valence-electron chi connectivity index (χ2n) is 10.0. The Morgan fingerprint density at radius 2 is 1.74 bits per heavy atom. The van der Waals surface area contributed by atoms with Gasteiger partial charge in [-0.2, -0.15) is 11.3 Å². The van der Waals surface area contributed by atoms with E-state index in [1.165, 1.54) is 11.1 Å². The summed E-state index contributed by atoms with van der Waals surface area (Å²) >= 11 is 1.72. The summed E-state index contributed by atoms with van der Waals surface area (Å²) in [4.78, 5) is 29.2. The van der Waals surface area contributed by atoms with Crippen molar-refractivity contribution in [1.82, 2.24) is 10.2 Å². The zero-order chi connectivity index (χ0) is 23.8. The van der Waals surface area contributed by atoms with Gasteiger partial charge in [-0.3, -0.25) is 9.59 Å². The minimum Gasteiger partial charge on any atom is -0.378 e. The standard InChI is InChI=1S/C29H31N3O2S/c33-28(19-8-2-1-3-9-19)31-25-13-7-5-11-22(25)29(34)32-16-14-23-26(20-15-17-35-18-20)30-24-12-6-4-10-21(24)27(23)32/h1-4,6,8-10,12,15,17-18,22-23,25-27,30H,5,7,11,13-14,16H2,(H,31,33)/t22?,23-,25?,26+,27+/m1/s1. The molecular formula is C29H31N3O2S. The summed E-state index contributed by atoms with van der Waals surface area (Å²) in [6.45, 7) is 0.765. The molecule has 35 heavy (non-hydrogen) atoms.